The molecule has 27 heavy (non-hydrogen) atoms. The predicted molar refractivity (Wildman–Crippen MR) is 98.8 cm³/mol. The second kappa shape index (κ2) is 5.68. The normalized spacial score (nSPS) is 48.6. The molecule has 0 radical (unpaired) electrons. The highest BCUT2D eigenvalue weighted by Gasteiger charge is 2.72. The number of rotatable bonds is 2. The third-order valence-electron chi connectivity index (χ3n) is 8.81. The van der Waals surface area contributed by atoms with E-state index in [4.69, 9.17) is 4.74 Å². The van der Waals surface area contributed by atoms with Crippen LogP contribution in [0.1, 0.15) is 65.7 Å². The van der Waals surface area contributed by atoms with Crippen molar-refractivity contribution in [2.45, 2.75) is 71.8 Å². The Kier molecular flexibility index (Phi) is 3.93. The van der Waals surface area contributed by atoms with Gasteiger partial charge in [-0.1, -0.05) is 19.9 Å². The minimum atomic E-state index is -0.845. The fourth-order valence-corrected chi connectivity index (χ4v) is 7.62. The number of Topliss-reactive ketones (excluding diaryl/α,β-unsaturated/α-hetero) is 1. The van der Waals surface area contributed by atoms with E-state index in [1.54, 1.807) is 0 Å². The number of carboxylic acids is 1. The maximum Gasteiger partial charge on any atom is 0.309 e. The standard InChI is InChI=1S/C22H30O5/c1-12-14-6-7-15-20(3)8-5-9-21(4,19(25)26)16(20)10-17(27-13(2)23)22(15,11-14)18(12)24/h14-17H,1,5-11H2,2-4H3,(H,25,26)/t14-,15+,16+,17+,20+,21-,22-/m1/s1. The van der Waals surface area contributed by atoms with Crippen LogP contribution in [0.25, 0.3) is 0 Å². The minimum Gasteiger partial charge on any atom is -0.481 e. The highest BCUT2D eigenvalue weighted by Crippen LogP contribution is 2.71. The van der Waals surface area contributed by atoms with Gasteiger partial charge in [-0.2, -0.15) is 0 Å². The predicted octanol–water partition coefficient (Wildman–Crippen LogP) is 3.76. The van der Waals surface area contributed by atoms with E-state index < -0.39 is 28.9 Å². The van der Waals surface area contributed by atoms with Gasteiger partial charge in [0.25, 0.3) is 0 Å². The van der Waals surface area contributed by atoms with Crippen LogP contribution < -0.4 is 0 Å². The van der Waals surface area contributed by atoms with Gasteiger partial charge in [-0.05, 0) is 74.2 Å². The molecule has 4 aliphatic rings. The number of hydrogen-bond donors (Lipinski definition) is 1. The Morgan fingerprint density at radius 2 is 1.89 bits per heavy atom. The summed E-state index contributed by atoms with van der Waals surface area (Å²) >= 11 is 0. The van der Waals surface area contributed by atoms with Crippen LogP contribution in [0.3, 0.4) is 0 Å². The van der Waals surface area contributed by atoms with Crippen LogP contribution in [0.2, 0.25) is 0 Å². The molecule has 4 aliphatic carbocycles. The lowest BCUT2D eigenvalue weighted by Crippen LogP contribution is -2.65. The first-order valence-corrected chi connectivity index (χ1v) is 10.2. The molecule has 4 saturated carbocycles. The molecule has 0 heterocycles. The van der Waals surface area contributed by atoms with Crippen molar-refractivity contribution in [3.05, 3.63) is 12.2 Å². The van der Waals surface area contributed by atoms with E-state index >= 15 is 0 Å². The van der Waals surface area contributed by atoms with Crippen LogP contribution in [0.4, 0.5) is 0 Å². The summed E-state index contributed by atoms with van der Waals surface area (Å²) in [4.78, 5) is 37.6. The lowest BCUT2D eigenvalue weighted by Gasteiger charge is -2.64. The molecular formula is C22H30O5. The zero-order valence-corrected chi connectivity index (χ0v) is 16.5. The van der Waals surface area contributed by atoms with Crippen LogP contribution in [0.15, 0.2) is 12.2 Å². The van der Waals surface area contributed by atoms with Crippen molar-refractivity contribution < 1.29 is 24.2 Å². The number of ether oxygens (including phenoxy) is 1. The van der Waals surface area contributed by atoms with E-state index in [-0.39, 0.29) is 29.0 Å². The smallest absolute Gasteiger partial charge is 0.309 e. The van der Waals surface area contributed by atoms with Gasteiger partial charge in [-0.15, -0.1) is 0 Å². The molecule has 5 heteroatoms. The fourth-order valence-electron chi connectivity index (χ4n) is 7.62. The lowest BCUT2D eigenvalue weighted by atomic mass is 9.40. The number of hydrogen-bond acceptors (Lipinski definition) is 4. The van der Waals surface area contributed by atoms with E-state index in [0.29, 0.717) is 24.8 Å². The van der Waals surface area contributed by atoms with Crippen LogP contribution in [-0.4, -0.2) is 28.9 Å². The summed E-state index contributed by atoms with van der Waals surface area (Å²) in [6.45, 7) is 9.50. The first-order valence-electron chi connectivity index (χ1n) is 10.2. The molecule has 5 nitrogen and oxygen atoms in total. The summed E-state index contributed by atoms with van der Waals surface area (Å²) in [6.07, 6.45) is 4.87. The Morgan fingerprint density at radius 3 is 2.52 bits per heavy atom. The molecule has 0 amide bonds. The van der Waals surface area contributed by atoms with Gasteiger partial charge in [-0.25, -0.2) is 0 Å². The summed E-state index contributed by atoms with van der Waals surface area (Å²) in [6, 6.07) is 0. The molecule has 0 unspecified atom stereocenters. The third kappa shape index (κ3) is 2.20. The molecule has 1 N–H and O–H groups in total. The average Bonchev–Trinajstić information content (AvgIpc) is 2.78. The van der Waals surface area contributed by atoms with E-state index in [1.807, 2.05) is 6.92 Å². The minimum absolute atomic E-state index is 0.0510. The molecule has 1 spiro atoms. The zero-order valence-electron chi connectivity index (χ0n) is 16.5. The summed E-state index contributed by atoms with van der Waals surface area (Å²) in [5.41, 5.74) is -1.09. The second-order valence-electron chi connectivity index (χ2n) is 9.89. The van der Waals surface area contributed by atoms with Gasteiger partial charge in [0.2, 0.25) is 0 Å². The van der Waals surface area contributed by atoms with Gasteiger partial charge in [0.1, 0.15) is 6.10 Å². The molecule has 0 aromatic heterocycles. The number of carbonyl (C=O) groups excluding carboxylic acids is 2. The largest absolute Gasteiger partial charge is 0.481 e. The van der Waals surface area contributed by atoms with Gasteiger partial charge in [0.05, 0.1) is 10.8 Å². The van der Waals surface area contributed by atoms with Gasteiger partial charge in [-0.3, -0.25) is 14.4 Å². The maximum absolute atomic E-state index is 13.4. The van der Waals surface area contributed by atoms with Gasteiger partial charge in [0.15, 0.2) is 5.78 Å². The van der Waals surface area contributed by atoms with Crippen LogP contribution in [0, 0.1) is 34.0 Å². The maximum atomic E-state index is 13.4. The SMILES string of the molecule is C=C1C(=O)[C@]23C[C@H]1CC[C@H]2[C@]1(C)CCC[C@@](C)(C(=O)O)[C@H]1C[C@@H]3OC(C)=O. The number of allylic oxidation sites excluding steroid dienone is 1. The van der Waals surface area contributed by atoms with Crippen molar-refractivity contribution >= 4 is 17.7 Å². The Hall–Kier alpha value is -1.65. The van der Waals surface area contributed by atoms with E-state index in [1.165, 1.54) is 6.92 Å². The van der Waals surface area contributed by atoms with Crippen molar-refractivity contribution in [2.24, 2.45) is 34.0 Å². The first-order chi connectivity index (χ1) is 12.6. The summed E-state index contributed by atoms with van der Waals surface area (Å²) in [7, 11) is 0. The lowest BCUT2D eigenvalue weighted by molar-refractivity contribution is -0.215. The van der Waals surface area contributed by atoms with Crippen LogP contribution in [-0.2, 0) is 19.1 Å². The summed E-state index contributed by atoms with van der Waals surface area (Å²) in [5.74, 6) is -0.960. The molecule has 4 fully saturated rings. The second-order valence-corrected chi connectivity index (χ2v) is 9.89. The van der Waals surface area contributed by atoms with Gasteiger partial charge in [0, 0.05) is 6.92 Å². The Balaban J connectivity index is 1.87. The van der Waals surface area contributed by atoms with Crippen molar-refractivity contribution in [3.63, 3.8) is 0 Å². The molecule has 148 valence electrons. The molecule has 0 aromatic carbocycles. The van der Waals surface area contributed by atoms with E-state index in [9.17, 15) is 19.5 Å². The number of carbonyl (C=O) groups is 3. The average molecular weight is 374 g/mol. The Bertz CT molecular complexity index is 741. The number of esters is 1. The van der Waals surface area contributed by atoms with Crippen molar-refractivity contribution in [2.75, 3.05) is 0 Å². The molecule has 7 atom stereocenters. The first kappa shape index (κ1) is 18.7. The van der Waals surface area contributed by atoms with Crippen LogP contribution >= 0.6 is 0 Å². The van der Waals surface area contributed by atoms with E-state index in [2.05, 4.69) is 13.5 Å². The van der Waals surface area contributed by atoms with Gasteiger partial charge < -0.3 is 9.84 Å². The Morgan fingerprint density at radius 1 is 1.19 bits per heavy atom. The number of ketones is 1. The third-order valence-corrected chi connectivity index (χ3v) is 8.81. The molecule has 4 rings (SSSR count). The molecule has 0 aromatic rings. The van der Waals surface area contributed by atoms with Crippen molar-refractivity contribution in [1.82, 2.24) is 0 Å². The molecule has 0 aliphatic heterocycles. The Labute approximate surface area is 160 Å². The quantitative estimate of drug-likeness (QED) is 0.588. The molecule has 2 bridgehead atoms. The molecular weight excluding hydrogens is 344 g/mol. The number of fused-ring (bicyclic) bond motifs is 3. The van der Waals surface area contributed by atoms with Crippen LogP contribution in [0.5, 0.6) is 0 Å². The number of aliphatic carboxylic acids is 1. The topological polar surface area (TPSA) is 80.7 Å². The summed E-state index contributed by atoms with van der Waals surface area (Å²) in [5, 5.41) is 10.0. The fraction of sp³-hybridized carbons (Fsp3) is 0.773. The van der Waals surface area contributed by atoms with Gasteiger partial charge >= 0.3 is 11.9 Å². The summed E-state index contributed by atoms with van der Waals surface area (Å²) < 4.78 is 5.77. The monoisotopic (exact) mass is 374 g/mol. The zero-order chi connectivity index (χ0) is 19.8. The van der Waals surface area contributed by atoms with Crippen molar-refractivity contribution in [1.29, 1.82) is 0 Å². The highest BCUT2D eigenvalue weighted by atomic mass is 16.5. The number of carboxylic acid groups (broad SMARTS) is 1. The van der Waals surface area contributed by atoms with Crippen molar-refractivity contribution in [3.8, 4) is 0 Å². The van der Waals surface area contributed by atoms with E-state index in [0.717, 1.165) is 25.7 Å². The molecule has 0 saturated heterocycles. The highest BCUT2D eigenvalue weighted by molar-refractivity contribution is 6.03.